The zero-order valence-corrected chi connectivity index (χ0v) is 11.6. The number of carboxylic acid groups (broad SMARTS) is 1. The molecular formula is C14H19FN2O3. The number of aromatic nitrogens is 1. The average molecular weight is 282 g/mol. The van der Waals surface area contributed by atoms with E-state index in [0.29, 0.717) is 19.3 Å². The minimum atomic E-state index is -0.819. The fraction of sp³-hybridized carbons (Fsp3) is 0.500. The molecule has 0 aliphatic rings. The van der Waals surface area contributed by atoms with Crippen LogP contribution in [0.1, 0.15) is 43.5 Å². The number of carbonyl (C=O) groups is 2. The second-order valence-corrected chi connectivity index (χ2v) is 4.90. The lowest BCUT2D eigenvalue weighted by atomic mass is 10.0. The maximum absolute atomic E-state index is 13.3. The van der Waals surface area contributed by atoms with Crippen LogP contribution >= 0.6 is 0 Å². The third kappa shape index (κ3) is 4.95. The van der Waals surface area contributed by atoms with Crippen LogP contribution in [-0.2, 0) is 4.79 Å². The van der Waals surface area contributed by atoms with Crippen LogP contribution in [0.5, 0.6) is 0 Å². The van der Waals surface area contributed by atoms with E-state index in [1.807, 2.05) is 6.92 Å². The smallest absolute Gasteiger partial charge is 0.306 e. The molecular weight excluding hydrogens is 263 g/mol. The van der Waals surface area contributed by atoms with Crippen LogP contribution in [0.3, 0.4) is 0 Å². The molecule has 2 unspecified atom stereocenters. The molecule has 5 nitrogen and oxygen atoms in total. The van der Waals surface area contributed by atoms with Crippen molar-refractivity contribution in [1.29, 1.82) is 0 Å². The molecule has 1 rings (SSSR count). The molecule has 20 heavy (non-hydrogen) atoms. The molecule has 0 aliphatic carbocycles. The number of pyridine rings is 1. The van der Waals surface area contributed by atoms with Crippen molar-refractivity contribution in [1.82, 2.24) is 10.3 Å². The lowest BCUT2D eigenvalue weighted by Gasteiger charge is -2.14. The largest absolute Gasteiger partial charge is 0.481 e. The van der Waals surface area contributed by atoms with Crippen LogP contribution in [0.2, 0.25) is 0 Å². The SMILES string of the molecule is CC(CCCC(C)C(=O)O)NC(=O)c1ccncc1F. The Hall–Kier alpha value is -1.98. The van der Waals surface area contributed by atoms with Crippen LogP contribution in [0.25, 0.3) is 0 Å². The molecule has 0 fully saturated rings. The van der Waals surface area contributed by atoms with Gasteiger partial charge in [0, 0.05) is 12.2 Å². The highest BCUT2D eigenvalue weighted by Crippen LogP contribution is 2.10. The number of rotatable bonds is 7. The summed E-state index contributed by atoms with van der Waals surface area (Å²) in [5, 5.41) is 11.4. The number of nitrogens with zero attached hydrogens (tertiary/aromatic N) is 1. The first-order valence-electron chi connectivity index (χ1n) is 6.55. The van der Waals surface area contributed by atoms with Gasteiger partial charge in [-0.3, -0.25) is 14.6 Å². The number of hydrogen-bond acceptors (Lipinski definition) is 3. The molecule has 1 heterocycles. The number of aliphatic carboxylic acids is 1. The van der Waals surface area contributed by atoms with Crippen LogP contribution in [-0.4, -0.2) is 28.0 Å². The van der Waals surface area contributed by atoms with Crippen molar-refractivity contribution in [2.24, 2.45) is 5.92 Å². The maximum Gasteiger partial charge on any atom is 0.306 e. The lowest BCUT2D eigenvalue weighted by Crippen LogP contribution is -2.33. The summed E-state index contributed by atoms with van der Waals surface area (Å²) in [6.07, 6.45) is 4.24. The number of carboxylic acids is 1. The van der Waals surface area contributed by atoms with Gasteiger partial charge in [-0.1, -0.05) is 13.3 Å². The number of carbonyl (C=O) groups excluding carboxylic acids is 1. The molecule has 2 N–H and O–H groups in total. The molecule has 0 spiro atoms. The summed E-state index contributed by atoms with van der Waals surface area (Å²) in [4.78, 5) is 26.0. The average Bonchev–Trinajstić information content (AvgIpc) is 2.38. The maximum atomic E-state index is 13.3. The van der Waals surface area contributed by atoms with Gasteiger partial charge >= 0.3 is 5.97 Å². The van der Waals surface area contributed by atoms with Gasteiger partial charge in [0.15, 0.2) is 5.82 Å². The van der Waals surface area contributed by atoms with Gasteiger partial charge in [0.05, 0.1) is 17.7 Å². The van der Waals surface area contributed by atoms with E-state index in [4.69, 9.17) is 5.11 Å². The van der Waals surface area contributed by atoms with E-state index >= 15 is 0 Å². The standard InChI is InChI=1S/C14H19FN2O3/c1-9(14(19)20)4-3-5-10(2)17-13(18)11-6-7-16-8-12(11)15/h6-10H,3-5H2,1-2H3,(H,17,18)(H,19,20). The second kappa shape index (κ2) is 7.57. The zero-order valence-electron chi connectivity index (χ0n) is 11.6. The van der Waals surface area contributed by atoms with Crippen molar-refractivity contribution in [2.45, 2.75) is 39.2 Å². The van der Waals surface area contributed by atoms with Gasteiger partial charge in [-0.25, -0.2) is 4.39 Å². The van der Waals surface area contributed by atoms with E-state index in [1.54, 1.807) is 6.92 Å². The van der Waals surface area contributed by atoms with Crippen molar-refractivity contribution in [2.75, 3.05) is 0 Å². The van der Waals surface area contributed by atoms with Gasteiger partial charge in [0.1, 0.15) is 0 Å². The summed E-state index contributed by atoms with van der Waals surface area (Å²) >= 11 is 0. The molecule has 0 aromatic carbocycles. The van der Waals surface area contributed by atoms with Gasteiger partial charge in [-0.2, -0.15) is 0 Å². The number of halogens is 1. The Morgan fingerprint density at radius 1 is 1.40 bits per heavy atom. The highest BCUT2D eigenvalue weighted by atomic mass is 19.1. The summed E-state index contributed by atoms with van der Waals surface area (Å²) in [6, 6.07) is 1.18. The van der Waals surface area contributed by atoms with Crippen molar-refractivity contribution < 1.29 is 19.1 Å². The predicted octanol–water partition coefficient (Wildman–Crippen LogP) is 2.23. The quantitative estimate of drug-likeness (QED) is 0.803. The van der Waals surface area contributed by atoms with Gasteiger partial charge < -0.3 is 10.4 Å². The molecule has 2 atom stereocenters. The Morgan fingerprint density at radius 3 is 2.70 bits per heavy atom. The normalized spacial score (nSPS) is 13.6. The van der Waals surface area contributed by atoms with E-state index in [-0.39, 0.29) is 11.6 Å². The summed E-state index contributed by atoms with van der Waals surface area (Å²) in [5.41, 5.74) is -0.0363. The molecule has 110 valence electrons. The van der Waals surface area contributed by atoms with Gasteiger partial charge in [-0.15, -0.1) is 0 Å². The Balaban J connectivity index is 2.39. The summed E-state index contributed by atoms with van der Waals surface area (Å²) in [5.74, 6) is -2.35. The molecule has 1 aromatic rings. The molecule has 1 amide bonds. The first-order chi connectivity index (χ1) is 9.41. The first kappa shape index (κ1) is 16.1. The minimum absolute atomic E-state index is 0.0363. The molecule has 0 aliphatic heterocycles. The van der Waals surface area contributed by atoms with Crippen LogP contribution in [0.15, 0.2) is 18.5 Å². The van der Waals surface area contributed by atoms with E-state index in [1.165, 1.54) is 12.3 Å². The first-order valence-corrected chi connectivity index (χ1v) is 6.55. The predicted molar refractivity (Wildman–Crippen MR) is 71.8 cm³/mol. The number of amides is 1. The van der Waals surface area contributed by atoms with Gasteiger partial charge in [0.25, 0.3) is 5.91 Å². The molecule has 1 aromatic heterocycles. The van der Waals surface area contributed by atoms with Crippen LogP contribution in [0.4, 0.5) is 4.39 Å². The highest BCUT2D eigenvalue weighted by molar-refractivity contribution is 5.94. The highest BCUT2D eigenvalue weighted by Gasteiger charge is 2.15. The van der Waals surface area contributed by atoms with E-state index in [9.17, 15) is 14.0 Å². The fourth-order valence-corrected chi connectivity index (χ4v) is 1.79. The molecule has 0 saturated heterocycles. The Kier molecular flexibility index (Phi) is 6.09. The van der Waals surface area contributed by atoms with E-state index in [0.717, 1.165) is 6.20 Å². The third-order valence-corrected chi connectivity index (χ3v) is 3.09. The van der Waals surface area contributed by atoms with E-state index < -0.39 is 23.6 Å². The zero-order chi connectivity index (χ0) is 15.1. The summed E-state index contributed by atoms with van der Waals surface area (Å²) in [6.45, 7) is 3.46. The lowest BCUT2D eigenvalue weighted by molar-refractivity contribution is -0.141. The van der Waals surface area contributed by atoms with Crippen LogP contribution < -0.4 is 5.32 Å². The fourth-order valence-electron chi connectivity index (χ4n) is 1.79. The molecule has 0 radical (unpaired) electrons. The summed E-state index contributed by atoms with van der Waals surface area (Å²) in [7, 11) is 0. The minimum Gasteiger partial charge on any atom is -0.481 e. The van der Waals surface area contributed by atoms with E-state index in [2.05, 4.69) is 10.3 Å². The Labute approximate surface area is 117 Å². The van der Waals surface area contributed by atoms with Crippen LogP contribution in [0, 0.1) is 11.7 Å². The Morgan fingerprint density at radius 2 is 2.10 bits per heavy atom. The van der Waals surface area contributed by atoms with Crippen molar-refractivity contribution in [3.8, 4) is 0 Å². The molecule has 0 bridgehead atoms. The monoisotopic (exact) mass is 282 g/mol. The molecule has 0 saturated carbocycles. The third-order valence-electron chi connectivity index (χ3n) is 3.09. The second-order valence-electron chi connectivity index (χ2n) is 4.90. The number of nitrogens with one attached hydrogen (secondary N) is 1. The number of hydrogen-bond donors (Lipinski definition) is 2. The molecule has 6 heteroatoms. The Bertz CT molecular complexity index is 479. The topological polar surface area (TPSA) is 79.3 Å². The van der Waals surface area contributed by atoms with Crippen molar-refractivity contribution >= 4 is 11.9 Å². The van der Waals surface area contributed by atoms with Gasteiger partial charge in [-0.05, 0) is 25.8 Å². The van der Waals surface area contributed by atoms with Crippen molar-refractivity contribution in [3.05, 3.63) is 29.8 Å². The summed E-state index contributed by atoms with van der Waals surface area (Å²) < 4.78 is 13.3. The van der Waals surface area contributed by atoms with Crippen molar-refractivity contribution in [3.63, 3.8) is 0 Å². The van der Waals surface area contributed by atoms with Gasteiger partial charge in [0.2, 0.25) is 0 Å².